The Bertz CT molecular complexity index is 951. The second kappa shape index (κ2) is 8.31. The van der Waals surface area contributed by atoms with Gasteiger partial charge in [0.2, 0.25) is 5.91 Å². The van der Waals surface area contributed by atoms with Gasteiger partial charge in [0.15, 0.2) is 9.84 Å². The average Bonchev–Trinajstić information content (AvgIpc) is 2.72. The Kier molecular flexibility index (Phi) is 5.77. The number of fused-ring (bicyclic) bond motifs is 1. The molecule has 5 rings (SSSR count). The Morgan fingerprint density at radius 1 is 0.966 bits per heavy atom. The molecule has 0 saturated carbocycles. The van der Waals surface area contributed by atoms with Gasteiger partial charge in [0, 0.05) is 18.4 Å². The molecule has 4 nitrogen and oxygen atoms in total. The van der Waals surface area contributed by atoms with Crippen molar-refractivity contribution in [1.29, 1.82) is 0 Å². The molecule has 5 heteroatoms. The lowest BCUT2D eigenvalue weighted by Gasteiger charge is -2.45. The van der Waals surface area contributed by atoms with Crippen molar-refractivity contribution in [3.05, 3.63) is 70.8 Å². The third-order valence-corrected chi connectivity index (χ3v) is 8.01. The van der Waals surface area contributed by atoms with Crippen LogP contribution in [0.1, 0.15) is 66.7 Å². The SMILES string of the molecule is CCCCCS(=O)(=O)CC(=O)NCC1CC2c3ccccc3C1c1ccccc12. The maximum atomic E-state index is 12.3. The van der Waals surface area contributed by atoms with Gasteiger partial charge >= 0.3 is 0 Å². The molecule has 3 aliphatic carbocycles. The largest absolute Gasteiger partial charge is 0.355 e. The first-order valence-electron chi connectivity index (χ1n) is 10.6. The summed E-state index contributed by atoms with van der Waals surface area (Å²) in [5.41, 5.74) is 5.51. The first-order chi connectivity index (χ1) is 14.0. The number of nitrogens with one attached hydrogen (secondary N) is 1. The first kappa shape index (κ1) is 20.1. The van der Waals surface area contributed by atoms with Crippen LogP contribution in [0.5, 0.6) is 0 Å². The number of carbonyl (C=O) groups is 1. The van der Waals surface area contributed by atoms with Crippen LogP contribution in [-0.2, 0) is 14.6 Å². The van der Waals surface area contributed by atoms with E-state index in [-0.39, 0.29) is 23.5 Å². The Balaban J connectivity index is 1.45. The summed E-state index contributed by atoms with van der Waals surface area (Å²) in [6, 6.07) is 17.2. The molecule has 0 fully saturated rings. The summed E-state index contributed by atoms with van der Waals surface area (Å²) in [7, 11) is -3.33. The number of sulfone groups is 1. The van der Waals surface area contributed by atoms with Crippen molar-refractivity contribution in [2.75, 3.05) is 18.1 Å². The van der Waals surface area contributed by atoms with Crippen LogP contribution in [0, 0.1) is 5.92 Å². The third kappa shape index (κ3) is 4.11. The van der Waals surface area contributed by atoms with Crippen molar-refractivity contribution >= 4 is 15.7 Å². The van der Waals surface area contributed by atoms with Gasteiger partial charge in [-0.05, 0) is 41.0 Å². The molecule has 1 atom stereocenters. The van der Waals surface area contributed by atoms with Crippen molar-refractivity contribution in [1.82, 2.24) is 5.32 Å². The minimum absolute atomic E-state index is 0.100. The maximum Gasteiger partial charge on any atom is 0.235 e. The van der Waals surface area contributed by atoms with Crippen LogP contribution in [0.25, 0.3) is 0 Å². The fourth-order valence-corrected chi connectivity index (χ4v) is 6.39. The van der Waals surface area contributed by atoms with E-state index in [1.54, 1.807) is 0 Å². The Morgan fingerprint density at radius 2 is 1.55 bits per heavy atom. The lowest BCUT2D eigenvalue weighted by molar-refractivity contribution is -0.118. The number of unbranched alkanes of at least 4 members (excludes halogenated alkanes) is 2. The van der Waals surface area contributed by atoms with Gasteiger partial charge in [-0.15, -0.1) is 0 Å². The van der Waals surface area contributed by atoms with Crippen molar-refractivity contribution < 1.29 is 13.2 Å². The van der Waals surface area contributed by atoms with E-state index in [1.807, 2.05) is 6.92 Å². The zero-order chi connectivity index (χ0) is 20.4. The molecule has 3 aliphatic rings. The van der Waals surface area contributed by atoms with E-state index in [0.29, 0.717) is 18.9 Å². The molecule has 0 saturated heterocycles. The predicted octanol–water partition coefficient (Wildman–Crippen LogP) is 4.00. The minimum Gasteiger partial charge on any atom is -0.355 e. The van der Waals surface area contributed by atoms with Crippen LogP contribution in [0.2, 0.25) is 0 Å². The van der Waals surface area contributed by atoms with E-state index in [9.17, 15) is 13.2 Å². The molecule has 0 aromatic heterocycles. The van der Waals surface area contributed by atoms with E-state index >= 15 is 0 Å². The highest BCUT2D eigenvalue weighted by Crippen LogP contribution is 2.55. The predicted molar refractivity (Wildman–Crippen MR) is 116 cm³/mol. The number of hydrogen-bond donors (Lipinski definition) is 1. The molecule has 0 spiro atoms. The molecular formula is C24H29NO3S. The van der Waals surface area contributed by atoms with Gasteiger partial charge in [-0.2, -0.15) is 0 Å². The van der Waals surface area contributed by atoms with E-state index in [4.69, 9.17) is 0 Å². The summed E-state index contributed by atoms with van der Waals surface area (Å²) in [4.78, 5) is 12.3. The second-order valence-corrected chi connectivity index (χ2v) is 10.6. The number of carbonyl (C=O) groups excluding carboxylic acids is 1. The third-order valence-electron chi connectivity index (χ3n) is 6.39. The van der Waals surface area contributed by atoms with Crippen LogP contribution >= 0.6 is 0 Å². The quantitative estimate of drug-likeness (QED) is 0.668. The minimum atomic E-state index is -3.33. The smallest absolute Gasteiger partial charge is 0.235 e. The Labute approximate surface area is 173 Å². The lowest BCUT2D eigenvalue weighted by Crippen LogP contribution is -2.41. The number of hydrogen-bond acceptors (Lipinski definition) is 3. The standard InChI is InChI=1S/C24H29NO3S/c1-2-3-8-13-29(27,28)16-23(26)25-15-17-14-22-18-9-4-6-11-20(18)24(17)21-12-7-5-10-19(21)22/h4-7,9-12,17,22,24H,2-3,8,13-16H2,1H3,(H,25,26). The zero-order valence-electron chi connectivity index (χ0n) is 16.9. The monoisotopic (exact) mass is 411 g/mol. The number of rotatable bonds is 8. The molecule has 2 aromatic rings. The highest BCUT2D eigenvalue weighted by atomic mass is 32.2. The summed E-state index contributed by atoms with van der Waals surface area (Å²) in [6.45, 7) is 2.56. The fraction of sp³-hybridized carbons (Fsp3) is 0.458. The van der Waals surface area contributed by atoms with Crippen LogP contribution in [0.15, 0.2) is 48.5 Å². The van der Waals surface area contributed by atoms with E-state index in [0.717, 1.165) is 19.3 Å². The van der Waals surface area contributed by atoms with Crippen LogP contribution in [-0.4, -0.2) is 32.4 Å². The molecule has 0 radical (unpaired) electrons. The normalized spacial score (nSPS) is 22.0. The van der Waals surface area contributed by atoms with Gasteiger partial charge in [0.05, 0.1) is 5.75 Å². The molecule has 0 heterocycles. The van der Waals surface area contributed by atoms with Gasteiger partial charge in [0.1, 0.15) is 5.75 Å². The first-order valence-corrected chi connectivity index (χ1v) is 12.5. The molecule has 0 aliphatic heterocycles. The molecule has 2 bridgehead atoms. The summed E-state index contributed by atoms with van der Waals surface area (Å²) < 4.78 is 24.3. The summed E-state index contributed by atoms with van der Waals surface area (Å²) in [5, 5.41) is 2.93. The fourth-order valence-electron chi connectivity index (χ4n) is 5.10. The van der Waals surface area contributed by atoms with Crippen molar-refractivity contribution in [2.45, 2.75) is 44.4 Å². The molecule has 154 valence electrons. The Morgan fingerprint density at radius 3 is 2.14 bits per heavy atom. The summed E-state index contributed by atoms with van der Waals surface area (Å²) in [6.07, 6.45) is 3.47. The molecular weight excluding hydrogens is 382 g/mol. The van der Waals surface area contributed by atoms with Gasteiger partial charge in [-0.1, -0.05) is 68.3 Å². The molecule has 2 aromatic carbocycles. The van der Waals surface area contributed by atoms with Gasteiger partial charge in [0.25, 0.3) is 0 Å². The van der Waals surface area contributed by atoms with Crippen LogP contribution in [0.3, 0.4) is 0 Å². The topological polar surface area (TPSA) is 63.2 Å². The molecule has 1 N–H and O–H groups in total. The Hall–Kier alpha value is -2.14. The number of benzene rings is 2. The average molecular weight is 412 g/mol. The van der Waals surface area contributed by atoms with E-state index in [2.05, 4.69) is 53.8 Å². The highest BCUT2D eigenvalue weighted by Gasteiger charge is 2.42. The molecule has 1 amide bonds. The number of amides is 1. The van der Waals surface area contributed by atoms with Crippen LogP contribution < -0.4 is 5.32 Å². The van der Waals surface area contributed by atoms with Gasteiger partial charge in [-0.3, -0.25) is 4.79 Å². The van der Waals surface area contributed by atoms with Gasteiger partial charge in [-0.25, -0.2) is 8.42 Å². The molecule has 1 unspecified atom stereocenters. The zero-order valence-corrected chi connectivity index (χ0v) is 17.8. The van der Waals surface area contributed by atoms with Crippen molar-refractivity contribution in [3.8, 4) is 0 Å². The molecule has 29 heavy (non-hydrogen) atoms. The van der Waals surface area contributed by atoms with Crippen molar-refractivity contribution in [2.24, 2.45) is 5.92 Å². The summed E-state index contributed by atoms with van der Waals surface area (Å²) in [5.74, 6) is 0.232. The van der Waals surface area contributed by atoms with Crippen molar-refractivity contribution in [3.63, 3.8) is 0 Å². The highest BCUT2D eigenvalue weighted by molar-refractivity contribution is 7.92. The van der Waals surface area contributed by atoms with E-state index in [1.165, 1.54) is 22.3 Å². The second-order valence-electron chi connectivity index (χ2n) is 8.39. The summed E-state index contributed by atoms with van der Waals surface area (Å²) >= 11 is 0. The van der Waals surface area contributed by atoms with E-state index < -0.39 is 15.6 Å². The maximum absolute atomic E-state index is 12.3. The van der Waals surface area contributed by atoms with Gasteiger partial charge < -0.3 is 5.32 Å². The lowest BCUT2D eigenvalue weighted by atomic mass is 9.59. The van der Waals surface area contributed by atoms with Crippen LogP contribution in [0.4, 0.5) is 0 Å².